The molecule has 0 spiro atoms. The Balaban J connectivity index is 2.97. The predicted molar refractivity (Wildman–Crippen MR) is 57.5 cm³/mol. The molecule has 0 aliphatic rings. The van der Waals surface area contributed by atoms with E-state index in [9.17, 15) is 9.90 Å². The maximum absolute atomic E-state index is 11.5. The summed E-state index contributed by atoms with van der Waals surface area (Å²) in [4.78, 5) is 15.5. The fourth-order valence-electron chi connectivity index (χ4n) is 1.56. The predicted octanol–water partition coefficient (Wildman–Crippen LogP) is 1.55. The molecule has 5 heteroatoms. The molecule has 0 radical (unpaired) electrons. The fourth-order valence-corrected chi connectivity index (χ4v) is 2.31. The van der Waals surface area contributed by atoms with Crippen molar-refractivity contribution in [3.8, 4) is 0 Å². The van der Waals surface area contributed by atoms with Gasteiger partial charge in [-0.2, -0.15) is 0 Å². The monoisotopic (exact) mass is 229 g/mol. The number of aliphatic hydroxyl groups is 1. The van der Waals surface area contributed by atoms with Crippen LogP contribution in [0.2, 0.25) is 0 Å². The van der Waals surface area contributed by atoms with Crippen LogP contribution in [0.3, 0.4) is 0 Å². The van der Waals surface area contributed by atoms with Crippen LogP contribution in [-0.4, -0.2) is 23.2 Å². The van der Waals surface area contributed by atoms with Crippen molar-refractivity contribution >= 4 is 17.3 Å². The highest BCUT2D eigenvalue weighted by molar-refractivity contribution is 7.09. The lowest BCUT2D eigenvalue weighted by molar-refractivity contribution is -0.155. The van der Waals surface area contributed by atoms with E-state index in [0.29, 0.717) is 11.4 Å². The van der Waals surface area contributed by atoms with Crippen molar-refractivity contribution < 1.29 is 14.6 Å². The molecular weight excluding hydrogens is 214 g/mol. The van der Waals surface area contributed by atoms with Crippen molar-refractivity contribution in [2.45, 2.75) is 25.9 Å². The number of methoxy groups -OCH3 is 1. The van der Waals surface area contributed by atoms with E-state index in [1.54, 1.807) is 18.5 Å². The number of ether oxygens (including phenoxy) is 1. The van der Waals surface area contributed by atoms with Gasteiger partial charge in [0.2, 0.25) is 0 Å². The van der Waals surface area contributed by atoms with E-state index in [2.05, 4.69) is 9.72 Å². The number of carbonyl (C=O) groups is 1. The molecule has 1 heterocycles. The van der Waals surface area contributed by atoms with Gasteiger partial charge in [0.05, 0.1) is 13.0 Å². The molecule has 0 saturated heterocycles. The average Bonchev–Trinajstić information content (AvgIpc) is 2.71. The van der Waals surface area contributed by atoms with Gasteiger partial charge < -0.3 is 9.84 Å². The Labute approximate surface area is 92.9 Å². The van der Waals surface area contributed by atoms with E-state index in [-0.39, 0.29) is 0 Å². The number of thiazole rings is 1. The molecular formula is C10H15NO3S. The van der Waals surface area contributed by atoms with Crippen LogP contribution >= 0.6 is 11.3 Å². The fraction of sp³-hybridized carbons (Fsp3) is 0.600. The summed E-state index contributed by atoms with van der Waals surface area (Å²) in [5.41, 5.74) is -1.25. The van der Waals surface area contributed by atoms with E-state index in [4.69, 9.17) is 0 Å². The smallest absolute Gasteiger partial charge is 0.312 e. The van der Waals surface area contributed by atoms with E-state index in [0.717, 1.165) is 0 Å². The largest absolute Gasteiger partial charge is 0.469 e. The molecule has 4 nitrogen and oxygen atoms in total. The molecule has 15 heavy (non-hydrogen) atoms. The van der Waals surface area contributed by atoms with Crippen molar-refractivity contribution in [1.82, 2.24) is 4.98 Å². The van der Waals surface area contributed by atoms with E-state index in [1.165, 1.54) is 18.4 Å². The van der Waals surface area contributed by atoms with Gasteiger partial charge in [0.1, 0.15) is 10.6 Å². The van der Waals surface area contributed by atoms with Crippen molar-refractivity contribution in [1.29, 1.82) is 0 Å². The van der Waals surface area contributed by atoms with Gasteiger partial charge in [-0.15, -0.1) is 11.3 Å². The number of hydrogen-bond acceptors (Lipinski definition) is 5. The Hall–Kier alpha value is -0.940. The van der Waals surface area contributed by atoms with E-state index < -0.39 is 17.5 Å². The molecule has 2 unspecified atom stereocenters. The molecule has 1 rings (SSSR count). The van der Waals surface area contributed by atoms with Crippen LogP contribution in [0.4, 0.5) is 0 Å². The summed E-state index contributed by atoms with van der Waals surface area (Å²) in [5, 5.41) is 12.6. The van der Waals surface area contributed by atoms with Crippen molar-refractivity contribution in [3.63, 3.8) is 0 Å². The molecule has 2 atom stereocenters. The number of hydrogen-bond donors (Lipinski definition) is 1. The number of carbonyl (C=O) groups excluding carboxylic acids is 1. The number of nitrogens with zero attached hydrogens (tertiary/aromatic N) is 1. The topological polar surface area (TPSA) is 59.4 Å². The average molecular weight is 229 g/mol. The van der Waals surface area contributed by atoms with Crippen LogP contribution in [0.1, 0.15) is 25.3 Å². The summed E-state index contributed by atoms with van der Waals surface area (Å²) >= 11 is 1.33. The van der Waals surface area contributed by atoms with Crippen LogP contribution in [0.15, 0.2) is 11.6 Å². The van der Waals surface area contributed by atoms with Gasteiger partial charge >= 0.3 is 5.97 Å². The maximum atomic E-state index is 11.5. The lowest BCUT2D eigenvalue weighted by atomic mass is 9.87. The quantitative estimate of drug-likeness (QED) is 0.796. The minimum Gasteiger partial charge on any atom is -0.469 e. The molecule has 0 bridgehead atoms. The summed E-state index contributed by atoms with van der Waals surface area (Å²) in [6.45, 7) is 3.43. The van der Waals surface area contributed by atoms with E-state index in [1.807, 2.05) is 6.92 Å². The third kappa shape index (κ3) is 2.35. The SMILES string of the molecule is CCC(C(=O)OC)C(C)(O)c1nccs1. The molecule has 1 N–H and O–H groups in total. The Morgan fingerprint density at radius 3 is 2.87 bits per heavy atom. The minimum absolute atomic E-state index is 0.405. The molecule has 0 aliphatic carbocycles. The van der Waals surface area contributed by atoms with Crippen molar-refractivity contribution in [2.75, 3.05) is 7.11 Å². The zero-order valence-corrected chi connectivity index (χ0v) is 9.87. The first kappa shape index (κ1) is 12.1. The standard InChI is InChI=1S/C10H15NO3S/c1-4-7(8(12)14-3)10(2,13)9-11-5-6-15-9/h5-7,13H,4H2,1-3H3. The molecule has 0 amide bonds. The Morgan fingerprint density at radius 2 is 2.47 bits per heavy atom. The highest BCUT2D eigenvalue weighted by atomic mass is 32.1. The van der Waals surface area contributed by atoms with Crippen LogP contribution in [0.5, 0.6) is 0 Å². The number of rotatable bonds is 4. The first-order valence-corrected chi connectivity index (χ1v) is 5.62. The third-order valence-corrected chi connectivity index (χ3v) is 3.44. The van der Waals surface area contributed by atoms with Gasteiger partial charge in [-0.05, 0) is 13.3 Å². The summed E-state index contributed by atoms with van der Waals surface area (Å²) in [6.07, 6.45) is 2.12. The van der Waals surface area contributed by atoms with Crippen LogP contribution in [0.25, 0.3) is 0 Å². The van der Waals surface area contributed by atoms with Gasteiger partial charge in [0.25, 0.3) is 0 Å². The minimum atomic E-state index is -1.25. The second-order valence-electron chi connectivity index (χ2n) is 3.47. The zero-order valence-electron chi connectivity index (χ0n) is 9.06. The van der Waals surface area contributed by atoms with Gasteiger partial charge in [-0.3, -0.25) is 4.79 Å². The molecule has 0 aromatic carbocycles. The van der Waals surface area contributed by atoms with Crippen LogP contribution < -0.4 is 0 Å². The second kappa shape index (κ2) is 4.72. The summed E-state index contributed by atoms with van der Waals surface area (Å²) in [7, 11) is 1.32. The lowest BCUT2D eigenvalue weighted by Gasteiger charge is -2.28. The van der Waals surface area contributed by atoms with Crippen LogP contribution in [0, 0.1) is 5.92 Å². The molecule has 1 aromatic rings. The normalized spacial score (nSPS) is 16.8. The van der Waals surface area contributed by atoms with Crippen LogP contribution in [-0.2, 0) is 15.1 Å². The first-order valence-electron chi connectivity index (χ1n) is 4.74. The molecule has 0 saturated carbocycles. The summed E-state index contributed by atoms with van der Waals surface area (Å²) in [6, 6.07) is 0. The summed E-state index contributed by atoms with van der Waals surface area (Å²) in [5.74, 6) is -0.980. The third-order valence-electron chi connectivity index (χ3n) is 2.44. The molecule has 0 fully saturated rings. The Kier molecular flexibility index (Phi) is 3.82. The van der Waals surface area contributed by atoms with Gasteiger partial charge in [0, 0.05) is 11.6 Å². The van der Waals surface area contributed by atoms with Gasteiger partial charge in [0.15, 0.2) is 0 Å². The second-order valence-corrected chi connectivity index (χ2v) is 4.36. The summed E-state index contributed by atoms with van der Waals surface area (Å²) < 4.78 is 4.67. The molecule has 84 valence electrons. The molecule has 0 aliphatic heterocycles. The number of aromatic nitrogens is 1. The van der Waals surface area contributed by atoms with Gasteiger partial charge in [-0.25, -0.2) is 4.98 Å². The first-order chi connectivity index (χ1) is 7.04. The van der Waals surface area contributed by atoms with Crippen molar-refractivity contribution in [3.05, 3.63) is 16.6 Å². The van der Waals surface area contributed by atoms with E-state index >= 15 is 0 Å². The van der Waals surface area contributed by atoms with Crippen molar-refractivity contribution in [2.24, 2.45) is 5.92 Å². The van der Waals surface area contributed by atoms with Gasteiger partial charge in [-0.1, -0.05) is 6.92 Å². The maximum Gasteiger partial charge on any atom is 0.312 e. The highest BCUT2D eigenvalue weighted by Crippen LogP contribution is 2.33. The number of esters is 1. The Bertz CT molecular complexity index is 321. The highest BCUT2D eigenvalue weighted by Gasteiger charge is 2.40. The Morgan fingerprint density at radius 1 is 1.80 bits per heavy atom. The zero-order chi connectivity index (χ0) is 11.5. The lowest BCUT2D eigenvalue weighted by Crippen LogP contribution is -2.37. The molecule has 1 aromatic heterocycles.